The zero-order chi connectivity index (χ0) is 24.1. The van der Waals surface area contributed by atoms with Gasteiger partial charge in [0.2, 0.25) is 0 Å². The van der Waals surface area contributed by atoms with Gasteiger partial charge in [-0.2, -0.15) is 0 Å². The maximum absolute atomic E-state index is 2.63. The predicted octanol–water partition coefficient (Wildman–Crippen LogP) is 9.71. The quantitative estimate of drug-likeness (QED) is 0.156. The minimum Gasteiger partial charge on any atom is -0.356 e. The van der Waals surface area contributed by atoms with Crippen molar-refractivity contribution >= 4 is 0 Å². The molecule has 194 valence electrons. The minimum atomic E-state index is 0.505. The highest BCUT2D eigenvalue weighted by molar-refractivity contribution is 5.17. The van der Waals surface area contributed by atoms with Crippen molar-refractivity contribution in [2.24, 2.45) is 0 Å². The molecular formula is C32H56N2. The number of hydrogen-bond acceptors (Lipinski definition) is 2. The third-order valence-electron chi connectivity index (χ3n) is 7.52. The Kier molecular flexibility index (Phi) is 16.8. The molecule has 1 aliphatic rings. The van der Waals surface area contributed by atoms with Crippen LogP contribution >= 0.6 is 0 Å². The molecule has 0 atom stereocenters. The topological polar surface area (TPSA) is 6.48 Å². The molecule has 1 heterocycles. The average Bonchev–Trinajstić information content (AvgIpc) is 3.23. The number of nitrogens with zero attached hydrogens (tertiary/aromatic N) is 2. The molecule has 1 aliphatic heterocycles. The number of hydrogen-bond donors (Lipinski definition) is 0. The standard InChI is InChI=1S/C32H56N2/c1-3-5-7-9-11-13-15-17-22-26-33-28-29-34(32(33)30-31-24-20-19-21-25-31)27-23-18-16-14-12-10-8-6-4-2/h19-21,24-25,28-29,32H,3-18,22-23,26-27,30H2,1-2H3. The third-order valence-corrected chi connectivity index (χ3v) is 7.52. The second kappa shape index (κ2) is 19.8. The van der Waals surface area contributed by atoms with Crippen molar-refractivity contribution in [1.82, 2.24) is 9.80 Å². The summed E-state index contributed by atoms with van der Waals surface area (Å²) in [5.41, 5.74) is 1.46. The molecule has 1 aromatic rings. The lowest BCUT2D eigenvalue weighted by Crippen LogP contribution is -2.41. The van der Waals surface area contributed by atoms with E-state index in [-0.39, 0.29) is 0 Å². The molecule has 2 nitrogen and oxygen atoms in total. The van der Waals surface area contributed by atoms with Crippen molar-refractivity contribution in [3.63, 3.8) is 0 Å². The SMILES string of the molecule is CCCCCCCCCCCN1C=CN(CCCCCCCCCCC)C1Cc1ccccc1. The summed E-state index contributed by atoms with van der Waals surface area (Å²) in [6, 6.07) is 11.1. The molecule has 0 amide bonds. The Morgan fingerprint density at radius 1 is 0.500 bits per heavy atom. The van der Waals surface area contributed by atoms with Crippen LogP contribution in [0.2, 0.25) is 0 Å². The van der Waals surface area contributed by atoms with E-state index in [2.05, 4.69) is 66.4 Å². The van der Waals surface area contributed by atoms with Gasteiger partial charge in [0.1, 0.15) is 6.17 Å². The molecule has 1 aromatic carbocycles. The molecular weight excluding hydrogens is 412 g/mol. The first kappa shape index (κ1) is 28.8. The molecule has 0 aromatic heterocycles. The Bertz CT molecular complexity index is 564. The molecule has 0 bridgehead atoms. The Balaban J connectivity index is 1.66. The molecule has 0 fully saturated rings. The first-order valence-electron chi connectivity index (χ1n) is 15.1. The van der Waals surface area contributed by atoms with E-state index in [1.807, 2.05) is 0 Å². The highest BCUT2D eigenvalue weighted by Crippen LogP contribution is 2.22. The van der Waals surface area contributed by atoms with Crippen molar-refractivity contribution in [3.05, 3.63) is 48.3 Å². The van der Waals surface area contributed by atoms with E-state index in [1.165, 1.54) is 134 Å². The summed E-state index contributed by atoms with van der Waals surface area (Å²) >= 11 is 0. The molecule has 2 rings (SSSR count). The van der Waals surface area contributed by atoms with Crippen LogP contribution in [0.4, 0.5) is 0 Å². The van der Waals surface area contributed by atoms with Gasteiger partial charge in [-0.25, -0.2) is 0 Å². The van der Waals surface area contributed by atoms with Crippen molar-refractivity contribution in [2.45, 2.75) is 142 Å². The Hall–Kier alpha value is -1.44. The van der Waals surface area contributed by atoms with Crippen LogP contribution in [0.5, 0.6) is 0 Å². The van der Waals surface area contributed by atoms with E-state index < -0.39 is 0 Å². The summed E-state index contributed by atoms with van der Waals surface area (Å²) in [5.74, 6) is 0. The van der Waals surface area contributed by atoms with Crippen molar-refractivity contribution in [2.75, 3.05) is 13.1 Å². The lowest BCUT2D eigenvalue weighted by Gasteiger charge is -2.33. The molecule has 0 unspecified atom stereocenters. The van der Waals surface area contributed by atoms with E-state index in [0.717, 1.165) is 6.42 Å². The lowest BCUT2D eigenvalue weighted by molar-refractivity contribution is 0.148. The maximum atomic E-state index is 2.63. The summed E-state index contributed by atoms with van der Waals surface area (Å²) in [6.45, 7) is 7.02. The van der Waals surface area contributed by atoms with Crippen LogP contribution in [0.3, 0.4) is 0 Å². The fraction of sp³-hybridized carbons (Fsp3) is 0.750. The fourth-order valence-electron chi connectivity index (χ4n) is 5.28. The van der Waals surface area contributed by atoms with E-state index in [0.29, 0.717) is 6.17 Å². The second-order valence-electron chi connectivity index (χ2n) is 10.6. The van der Waals surface area contributed by atoms with Crippen LogP contribution < -0.4 is 0 Å². The Labute approximate surface area is 213 Å². The highest BCUT2D eigenvalue weighted by Gasteiger charge is 2.25. The van der Waals surface area contributed by atoms with E-state index >= 15 is 0 Å². The van der Waals surface area contributed by atoms with Gasteiger partial charge in [-0.05, 0) is 18.4 Å². The molecule has 0 aliphatic carbocycles. The Morgan fingerprint density at radius 2 is 0.882 bits per heavy atom. The van der Waals surface area contributed by atoms with Gasteiger partial charge in [0.25, 0.3) is 0 Å². The molecule has 0 N–H and O–H groups in total. The maximum Gasteiger partial charge on any atom is 0.105 e. The van der Waals surface area contributed by atoms with Crippen LogP contribution in [0.1, 0.15) is 135 Å². The van der Waals surface area contributed by atoms with Crippen LogP contribution in [0.15, 0.2) is 42.7 Å². The molecule has 2 heteroatoms. The molecule has 0 radical (unpaired) electrons. The zero-order valence-electron chi connectivity index (χ0n) is 22.9. The van der Waals surface area contributed by atoms with Crippen molar-refractivity contribution < 1.29 is 0 Å². The summed E-state index contributed by atoms with van der Waals surface area (Å²) in [7, 11) is 0. The Morgan fingerprint density at radius 3 is 1.29 bits per heavy atom. The largest absolute Gasteiger partial charge is 0.356 e. The van der Waals surface area contributed by atoms with Gasteiger partial charge in [0.15, 0.2) is 0 Å². The van der Waals surface area contributed by atoms with Gasteiger partial charge >= 0.3 is 0 Å². The van der Waals surface area contributed by atoms with E-state index in [9.17, 15) is 0 Å². The van der Waals surface area contributed by atoms with Gasteiger partial charge in [0.05, 0.1) is 0 Å². The van der Waals surface area contributed by atoms with Crippen LogP contribution in [0, 0.1) is 0 Å². The van der Waals surface area contributed by atoms with Crippen LogP contribution in [-0.2, 0) is 6.42 Å². The van der Waals surface area contributed by atoms with Crippen molar-refractivity contribution in [3.8, 4) is 0 Å². The zero-order valence-corrected chi connectivity index (χ0v) is 22.9. The summed E-state index contributed by atoms with van der Waals surface area (Å²) in [5, 5.41) is 0. The first-order valence-corrected chi connectivity index (χ1v) is 15.1. The van der Waals surface area contributed by atoms with Gasteiger partial charge < -0.3 is 9.80 Å². The summed E-state index contributed by atoms with van der Waals surface area (Å²) in [6.07, 6.45) is 31.7. The number of rotatable bonds is 22. The second-order valence-corrected chi connectivity index (χ2v) is 10.6. The normalized spacial score (nSPS) is 13.9. The van der Waals surface area contributed by atoms with Gasteiger partial charge in [-0.1, -0.05) is 147 Å². The first-order chi connectivity index (χ1) is 16.8. The van der Waals surface area contributed by atoms with Gasteiger partial charge in [-0.15, -0.1) is 0 Å². The average molecular weight is 469 g/mol. The lowest BCUT2D eigenvalue weighted by atomic mass is 10.1. The molecule has 0 spiro atoms. The summed E-state index contributed by atoms with van der Waals surface area (Å²) < 4.78 is 0. The highest BCUT2D eigenvalue weighted by atomic mass is 15.4. The predicted molar refractivity (Wildman–Crippen MR) is 151 cm³/mol. The van der Waals surface area contributed by atoms with Crippen molar-refractivity contribution in [1.29, 1.82) is 0 Å². The van der Waals surface area contributed by atoms with E-state index in [1.54, 1.807) is 0 Å². The molecule has 34 heavy (non-hydrogen) atoms. The van der Waals surface area contributed by atoms with Gasteiger partial charge in [0, 0.05) is 31.9 Å². The van der Waals surface area contributed by atoms with E-state index in [4.69, 9.17) is 0 Å². The smallest absolute Gasteiger partial charge is 0.105 e. The van der Waals surface area contributed by atoms with Crippen LogP contribution in [0.25, 0.3) is 0 Å². The van der Waals surface area contributed by atoms with Gasteiger partial charge in [-0.3, -0.25) is 0 Å². The number of benzene rings is 1. The summed E-state index contributed by atoms with van der Waals surface area (Å²) in [4.78, 5) is 5.25. The monoisotopic (exact) mass is 468 g/mol. The third kappa shape index (κ3) is 12.9. The number of unbranched alkanes of at least 4 members (excludes halogenated alkanes) is 16. The molecule has 0 saturated carbocycles. The van der Waals surface area contributed by atoms with Crippen LogP contribution in [-0.4, -0.2) is 29.1 Å². The minimum absolute atomic E-state index is 0.505. The fourth-order valence-corrected chi connectivity index (χ4v) is 5.28. The molecule has 0 saturated heterocycles.